The van der Waals surface area contributed by atoms with Crippen LogP contribution < -0.4 is 5.32 Å². The van der Waals surface area contributed by atoms with Gasteiger partial charge in [-0.15, -0.1) is 0 Å². The molecule has 4 aliphatic rings. The second kappa shape index (κ2) is 9.33. The van der Waals surface area contributed by atoms with Gasteiger partial charge in [-0.3, -0.25) is 4.79 Å². The molecule has 10 heteroatoms. The van der Waals surface area contributed by atoms with E-state index in [4.69, 9.17) is 9.72 Å². The van der Waals surface area contributed by atoms with Crippen LogP contribution in [-0.2, 0) is 10.3 Å². The summed E-state index contributed by atoms with van der Waals surface area (Å²) in [7, 11) is 1.84. The van der Waals surface area contributed by atoms with E-state index in [0.717, 1.165) is 48.2 Å². The Morgan fingerprint density at radius 2 is 1.84 bits per heavy atom. The van der Waals surface area contributed by atoms with Crippen LogP contribution in [0.1, 0.15) is 110 Å². The first-order valence-corrected chi connectivity index (χ1v) is 15.5. The lowest BCUT2D eigenvalue weighted by Crippen LogP contribution is -2.53. The van der Waals surface area contributed by atoms with Gasteiger partial charge in [0.1, 0.15) is 22.8 Å². The van der Waals surface area contributed by atoms with Crippen LogP contribution in [0, 0.1) is 5.82 Å². The molecular formula is C34H35FN6O3. The van der Waals surface area contributed by atoms with Crippen molar-refractivity contribution >= 4 is 23.0 Å². The highest BCUT2D eigenvalue weighted by Gasteiger charge is 2.46. The molecule has 4 aromatic rings. The number of benzene rings is 2. The van der Waals surface area contributed by atoms with Crippen molar-refractivity contribution in [1.82, 2.24) is 29.7 Å². The largest absolute Gasteiger partial charge is 0.444 e. The summed E-state index contributed by atoms with van der Waals surface area (Å²) in [5.41, 5.74) is 4.11. The van der Waals surface area contributed by atoms with Gasteiger partial charge in [-0.2, -0.15) is 0 Å². The van der Waals surface area contributed by atoms with E-state index in [0.29, 0.717) is 41.2 Å². The summed E-state index contributed by atoms with van der Waals surface area (Å²) in [6.07, 6.45) is 8.11. The number of halogens is 1. The maximum absolute atomic E-state index is 15.7. The van der Waals surface area contributed by atoms with E-state index < -0.39 is 23.1 Å². The third-order valence-electron chi connectivity index (χ3n) is 9.71. The number of carbonyl (C=O) groups excluding carboxylic acids is 2. The summed E-state index contributed by atoms with van der Waals surface area (Å²) in [6.45, 7) is 5.47. The minimum atomic E-state index is -0.693. The van der Waals surface area contributed by atoms with Gasteiger partial charge in [0.25, 0.3) is 5.91 Å². The third-order valence-corrected chi connectivity index (χ3v) is 9.71. The number of carbonyl (C=O) groups is 2. The van der Waals surface area contributed by atoms with Crippen molar-refractivity contribution in [3.05, 3.63) is 76.9 Å². The molecule has 2 aromatic heterocycles. The van der Waals surface area contributed by atoms with E-state index in [2.05, 4.69) is 25.9 Å². The van der Waals surface area contributed by atoms with Crippen LogP contribution in [0.15, 0.2) is 42.7 Å². The van der Waals surface area contributed by atoms with Gasteiger partial charge in [-0.05, 0) is 82.1 Å². The van der Waals surface area contributed by atoms with E-state index in [1.54, 1.807) is 17.3 Å². The Morgan fingerprint density at radius 1 is 1.09 bits per heavy atom. The van der Waals surface area contributed by atoms with Crippen LogP contribution in [0.2, 0.25) is 0 Å². The number of aromatic nitrogens is 4. The fraction of sp³-hybridized carbons (Fsp3) is 0.441. The average molecular weight is 595 g/mol. The minimum absolute atomic E-state index is 0.0165. The zero-order valence-corrected chi connectivity index (χ0v) is 25.4. The molecule has 2 aromatic carbocycles. The number of alkyl carbamates (subject to hydrolysis) is 1. The Bertz CT molecular complexity index is 1850. The van der Waals surface area contributed by atoms with Crippen LogP contribution in [0.5, 0.6) is 0 Å². The van der Waals surface area contributed by atoms with Crippen molar-refractivity contribution in [2.24, 2.45) is 0 Å². The average Bonchev–Trinajstić information content (AvgIpc) is 3.67. The Hall–Kier alpha value is -4.34. The number of rotatable bonds is 4. The molecule has 226 valence electrons. The van der Waals surface area contributed by atoms with Gasteiger partial charge in [-0.25, -0.2) is 24.1 Å². The van der Waals surface area contributed by atoms with E-state index in [1.165, 1.54) is 11.6 Å². The molecule has 4 heterocycles. The molecule has 2 saturated carbocycles. The van der Waals surface area contributed by atoms with E-state index in [9.17, 15) is 9.59 Å². The summed E-state index contributed by atoms with van der Waals surface area (Å²) in [6, 6.07) is 9.17. The number of nitrogens with one attached hydrogen (secondary N) is 1. The molecule has 2 amide bonds. The molecule has 2 atom stereocenters. The van der Waals surface area contributed by atoms with Crippen LogP contribution in [0.4, 0.5) is 9.18 Å². The molecule has 2 aliphatic heterocycles. The molecule has 0 spiro atoms. The first-order valence-electron chi connectivity index (χ1n) is 15.5. The number of ether oxygens (including phenoxy) is 1. The molecule has 2 bridgehead atoms. The molecule has 0 radical (unpaired) electrons. The van der Waals surface area contributed by atoms with Gasteiger partial charge in [0, 0.05) is 48.6 Å². The second-order valence-electron chi connectivity index (χ2n) is 13.8. The van der Waals surface area contributed by atoms with Crippen LogP contribution in [0.25, 0.3) is 22.2 Å². The lowest BCUT2D eigenvalue weighted by atomic mass is 9.76. The lowest BCUT2D eigenvalue weighted by Gasteiger charge is -2.41. The van der Waals surface area contributed by atoms with Gasteiger partial charge in [0.05, 0.1) is 23.1 Å². The number of imidazole rings is 1. The predicted molar refractivity (Wildman–Crippen MR) is 162 cm³/mol. The normalized spacial score (nSPS) is 21.8. The highest BCUT2D eigenvalue weighted by Crippen LogP contribution is 2.52. The number of fused-ring (bicyclic) bond motifs is 9. The summed E-state index contributed by atoms with van der Waals surface area (Å²) >= 11 is 0. The molecule has 9 nitrogen and oxygen atoms in total. The summed E-state index contributed by atoms with van der Waals surface area (Å²) < 4.78 is 23.4. The number of hydrogen-bond acceptors (Lipinski definition) is 6. The molecular weight excluding hydrogens is 559 g/mol. The van der Waals surface area contributed by atoms with Gasteiger partial charge in [-0.1, -0.05) is 12.1 Å². The summed E-state index contributed by atoms with van der Waals surface area (Å²) in [5.74, 6) is 1.36. The van der Waals surface area contributed by atoms with Crippen LogP contribution in [0.3, 0.4) is 0 Å². The van der Waals surface area contributed by atoms with Crippen LogP contribution in [-0.4, -0.2) is 49.1 Å². The molecule has 2 aliphatic carbocycles. The number of nitrogens with zero attached hydrogens (tertiary/aromatic N) is 5. The Kier molecular flexibility index (Phi) is 5.77. The van der Waals surface area contributed by atoms with Gasteiger partial charge in [0.15, 0.2) is 5.82 Å². The SMILES string of the molecule is CN1C(=O)c2cccc(C3CC3)c2[C@H]2C[C@@H]1c1nc3cc(F)c(-c4cnc(C5(NC(=O)OC(C)(C)C)CCC5)nc4)cc3n12. The van der Waals surface area contributed by atoms with Crippen molar-refractivity contribution in [2.45, 2.75) is 88.4 Å². The first kappa shape index (κ1) is 27.2. The van der Waals surface area contributed by atoms with E-state index in [1.807, 2.05) is 46.0 Å². The van der Waals surface area contributed by atoms with Crippen molar-refractivity contribution in [1.29, 1.82) is 0 Å². The summed E-state index contributed by atoms with van der Waals surface area (Å²) in [4.78, 5) is 42.1. The Morgan fingerprint density at radius 3 is 2.50 bits per heavy atom. The smallest absolute Gasteiger partial charge is 0.408 e. The van der Waals surface area contributed by atoms with Gasteiger partial charge in [0.2, 0.25) is 0 Å². The Labute approximate surface area is 254 Å². The maximum Gasteiger partial charge on any atom is 0.408 e. The van der Waals surface area contributed by atoms with E-state index >= 15 is 4.39 Å². The molecule has 1 N–H and O–H groups in total. The van der Waals surface area contributed by atoms with Crippen molar-refractivity contribution in [3.63, 3.8) is 0 Å². The number of amides is 2. The predicted octanol–water partition coefficient (Wildman–Crippen LogP) is 6.53. The third kappa shape index (κ3) is 4.13. The lowest BCUT2D eigenvalue weighted by molar-refractivity contribution is 0.0364. The second-order valence-corrected chi connectivity index (χ2v) is 13.8. The molecule has 0 saturated heterocycles. The van der Waals surface area contributed by atoms with Crippen LogP contribution >= 0.6 is 0 Å². The fourth-order valence-electron chi connectivity index (χ4n) is 7.29. The monoisotopic (exact) mass is 594 g/mol. The topological polar surface area (TPSA) is 102 Å². The zero-order valence-electron chi connectivity index (χ0n) is 25.4. The molecule has 2 fully saturated rings. The first-order chi connectivity index (χ1) is 21.0. The molecule has 8 rings (SSSR count). The van der Waals surface area contributed by atoms with Crippen molar-refractivity contribution in [3.8, 4) is 11.1 Å². The standard InChI is InChI=1S/C34H35FN6O3/c1-33(2,3)44-32(43)39-34(11-6-12-34)31-36-16-19(17-37-31)22-13-25-24(14-23(22)35)38-29-27-15-26(41(25)29)28-20(18-9-10-18)7-5-8-21(28)30(42)40(27)4/h5,7-8,13-14,16-18,26-27H,6,9-12,15H2,1-4H3,(H,39,43)/t26-,27-/m1/s1. The Balaban J connectivity index is 1.18. The van der Waals surface area contributed by atoms with Crippen molar-refractivity contribution < 1.29 is 18.7 Å². The minimum Gasteiger partial charge on any atom is -0.444 e. The number of hydrogen-bond donors (Lipinski definition) is 1. The zero-order chi connectivity index (χ0) is 30.5. The fourth-order valence-corrected chi connectivity index (χ4v) is 7.29. The molecule has 0 unspecified atom stereocenters. The van der Waals surface area contributed by atoms with Crippen molar-refractivity contribution in [2.75, 3.05) is 7.05 Å². The quantitative estimate of drug-likeness (QED) is 0.288. The maximum atomic E-state index is 15.7. The summed E-state index contributed by atoms with van der Waals surface area (Å²) in [5, 5.41) is 2.98. The highest BCUT2D eigenvalue weighted by atomic mass is 19.1. The molecule has 44 heavy (non-hydrogen) atoms. The van der Waals surface area contributed by atoms with E-state index in [-0.39, 0.29) is 18.0 Å². The van der Waals surface area contributed by atoms with Gasteiger partial charge < -0.3 is 19.5 Å². The van der Waals surface area contributed by atoms with Gasteiger partial charge >= 0.3 is 6.09 Å². The highest BCUT2D eigenvalue weighted by molar-refractivity contribution is 5.97.